The number of fused-ring (bicyclic) bond motifs is 1. The van der Waals surface area contributed by atoms with Crippen molar-refractivity contribution in [1.29, 1.82) is 0 Å². The number of sulfonamides is 1. The second-order valence-corrected chi connectivity index (χ2v) is 8.79. The van der Waals surface area contributed by atoms with E-state index in [0.29, 0.717) is 25.3 Å². The molecule has 0 aliphatic heterocycles. The first kappa shape index (κ1) is 21.5. The van der Waals surface area contributed by atoms with E-state index in [9.17, 15) is 13.2 Å². The van der Waals surface area contributed by atoms with E-state index in [4.69, 9.17) is 0 Å². The Morgan fingerprint density at radius 2 is 1.83 bits per heavy atom. The van der Waals surface area contributed by atoms with Crippen LogP contribution in [-0.2, 0) is 14.8 Å². The first-order valence-electron chi connectivity index (χ1n) is 9.48. The lowest BCUT2D eigenvalue weighted by Gasteiger charge is -2.17. The molecule has 0 saturated carbocycles. The van der Waals surface area contributed by atoms with Gasteiger partial charge >= 0.3 is 0 Å². The number of hydrogen-bond donors (Lipinski definition) is 2. The molecule has 0 aliphatic carbocycles. The summed E-state index contributed by atoms with van der Waals surface area (Å²) >= 11 is 0. The van der Waals surface area contributed by atoms with Crippen LogP contribution in [0, 0.1) is 0 Å². The highest BCUT2D eigenvalue weighted by atomic mass is 32.2. The second-order valence-electron chi connectivity index (χ2n) is 6.74. The molecule has 1 heterocycles. The van der Waals surface area contributed by atoms with Gasteiger partial charge in [-0.1, -0.05) is 30.8 Å². The number of rotatable bonds is 9. The maximum Gasteiger partial charge on any atom is 0.243 e. The average molecular weight is 425 g/mol. The number of anilines is 2. The van der Waals surface area contributed by atoms with Gasteiger partial charge in [0.05, 0.1) is 4.90 Å². The van der Waals surface area contributed by atoms with Gasteiger partial charge < -0.3 is 10.6 Å². The molecule has 0 fully saturated rings. The topological polar surface area (TPSA) is 91.4 Å². The quantitative estimate of drug-likeness (QED) is 0.406. The maximum absolute atomic E-state index is 12.7. The third-order valence-electron chi connectivity index (χ3n) is 4.60. The first-order chi connectivity index (χ1) is 14.4. The number of benzene rings is 2. The molecule has 8 heteroatoms. The van der Waals surface area contributed by atoms with E-state index in [1.807, 2.05) is 30.3 Å². The molecule has 3 rings (SSSR count). The number of hydrogen-bond acceptors (Lipinski definition) is 5. The van der Waals surface area contributed by atoms with Gasteiger partial charge in [0.2, 0.25) is 15.9 Å². The molecular weight excluding hydrogens is 400 g/mol. The normalized spacial score (nSPS) is 11.4. The lowest BCUT2D eigenvalue weighted by Crippen LogP contribution is -2.31. The zero-order valence-corrected chi connectivity index (χ0v) is 17.5. The Labute approximate surface area is 176 Å². The van der Waals surface area contributed by atoms with Crippen molar-refractivity contribution in [3.8, 4) is 0 Å². The highest BCUT2D eigenvalue weighted by molar-refractivity contribution is 7.89. The second kappa shape index (κ2) is 9.51. The first-order valence-corrected chi connectivity index (χ1v) is 10.9. The van der Waals surface area contributed by atoms with Crippen LogP contribution in [0.1, 0.15) is 6.42 Å². The van der Waals surface area contributed by atoms with Gasteiger partial charge in [-0.3, -0.25) is 4.79 Å². The lowest BCUT2D eigenvalue weighted by atomic mass is 10.2. The molecule has 0 radical (unpaired) electrons. The highest BCUT2D eigenvalue weighted by Gasteiger charge is 2.20. The largest absolute Gasteiger partial charge is 0.353 e. The fourth-order valence-electron chi connectivity index (χ4n) is 2.90. The molecule has 0 atom stereocenters. The molecule has 3 aromatic rings. The van der Waals surface area contributed by atoms with Crippen LogP contribution in [0.25, 0.3) is 10.8 Å². The summed E-state index contributed by atoms with van der Waals surface area (Å²) in [6.07, 6.45) is 3.48. The van der Waals surface area contributed by atoms with Gasteiger partial charge in [0.15, 0.2) is 0 Å². The van der Waals surface area contributed by atoms with Gasteiger partial charge in [0.1, 0.15) is 5.82 Å². The van der Waals surface area contributed by atoms with Crippen LogP contribution >= 0.6 is 0 Å². The molecule has 0 unspecified atom stereocenters. The molecule has 30 heavy (non-hydrogen) atoms. The Hall–Kier alpha value is -3.23. The van der Waals surface area contributed by atoms with E-state index >= 15 is 0 Å². The van der Waals surface area contributed by atoms with Gasteiger partial charge in [-0.2, -0.15) is 0 Å². The van der Waals surface area contributed by atoms with E-state index in [1.54, 1.807) is 30.5 Å². The van der Waals surface area contributed by atoms with Gasteiger partial charge in [-0.05, 0) is 48.2 Å². The number of pyridine rings is 1. The predicted molar refractivity (Wildman–Crippen MR) is 119 cm³/mol. The van der Waals surface area contributed by atoms with Crippen LogP contribution < -0.4 is 10.6 Å². The molecule has 2 N–H and O–H groups in total. The molecule has 2 aromatic carbocycles. The average Bonchev–Trinajstić information content (AvgIpc) is 2.76. The number of aromatic nitrogens is 1. The molecule has 0 bridgehead atoms. The van der Waals surface area contributed by atoms with E-state index in [1.165, 1.54) is 17.4 Å². The zero-order valence-electron chi connectivity index (χ0n) is 16.7. The smallest absolute Gasteiger partial charge is 0.243 e. The van der Waals surface area contributed by atoms with Crippen LogP contribution in [0.5, 0.6) is 0 Å². The summed E-state index contributed by atoms with van der Waals surface area (Å²) < 4.78 is 26.7. The van der Waals surface area contributed by atoms with Crippen molar-refractivity contribution in [3.05, 3.63) is 73.4 Å². The van der Waals surface area contributed by atoms with Crippen molar-refractivity contribution < 1.29 is 13.2 Å². The minimum absolute atomic E-state index is 0.206. The van der Waals surface area contributed by atoms with Crippen molar-refractivity contribution in [3.63, 3.8) is 0 Å². The van der Waals surface area contributed by atoms with Crippen molar-refractivity contribution in [2.75, 3.05) is 25.5 Å². The van der Waals surface area contributed by atoms with E-state index in [-0.39, 0.29) is 10.8 Å². The van der Waals surface area contributed by atoms with Gasteiger partial charge in [-0.15, -0.1) is 0 Å². The van der Waals surface area contributed by atoms with E-state index in [2.05, 4.69) is 22.2 Å². The molecule has 1 amide bonds. The molecule has 1 aromatic heterocycles. The summed E-state index contributed by atoms with van der Waals surface area (Å²) in [4.78, 5) is 15.7. The highest BCUT2D eigenvalue weighted by Crippen LogP contribution is 2.22. The lowest BCUT2D eigenvalue weighted by molar-refractivity contribution is -0.116. The number of nitrogens with one attached hydrogen (secondary N) is 2. The predicted octanol–water partition coefficient (Wildman–Crippen LogP) is 3.29. The molecule has 7 nitrogen and oxygen atoms in total. The van der Waals surface area contributed by atoms with Crippen LogP contribution in [0.3, 0.4) is 0 Å². The Kier molecular flexibility index (Phi) is 6.81. The summed E-state index contributed by atoms with van der Waals surface area (Å²) in [6.45, 7) is 4.05. The van der Waals surface area contributed by atoms with Gasteiger partial charge in [0.25, 0.3) is 0 Å². The molecule has 0 spiro atoms. The number of carbonyl (C=O) groups excluding carboxylic acids is 1. The minimum atomic E-state index is -3.61. The molecular formula is C22H24N4O3S. The number of carbonyl (C=O) groups is 1. The van der Waals surface area contributed by atoms with Gasteiger partial charge in [0, 0.05) is 37.4 Å². The fourth-order valence-corrected chi connectivity index (χ4v) is 4.11. The number of nitrogens with zero attached hydrogens (tertiary/aromatic N) is 2. The third-order valence-corrected chi connectivity index (χ3v) is 6.47. The molecule has 0 aliphatic rings. The van der Waals surface area contributed by atoms with Gasteiger partial charge in [-0.25, -0.2) is 17.7 Å². The summed E-state index contributed by atoms with van der Waals surface area (Å²) in [5.41, 5.74) is 0.742. The van der Waals surface area contributed by atoms with Crippen molar-refractivity contribution in [2.45, 2.75) is 11.3 Å². The summed E-state index contributed by atoms with van der Waals surface area (Å²) in [5.74, 6) is 0.410. The Morgan fingerprint density at radius 3 is 2.53 bits per heavy atom. The van der Waals surface area contributed by atoms with E-state index < -0.39 is 10.0 Å². The standard InChI is InChI=1S/C22H24N4O3S/c1-3-22(27)23-13-6-14-26(2)30(28,29)20-11-9-19(10-12-20)25-21-15-17-7-4-5-8-18(17)16-24-21/h3-5,7-12,15-16H,1,6,13-14H2,2H3,(H,23,27)(H,24,25). The van der Waals surface area contributed by atoms with Crippen LogP contribution in [0.2, 0.25) is 0 Å². The number of amides is 1. The maximum atomic E-state index is 12.7. The van der Waals surface area contributed by atoms with Crippen LogP contribution in [-0.4, -0.2) is 43.8 Å². The van der Waals surface area contributed by atoms with Crippen molar-refractivity contribution >= 4 is 38.2 Å². The summed E-state index contributed by atoms with van der Waals surface area (Å²) in [6, 6.07) is 16.4. The van der Waals surface area contributed by atoms with E-state index in [0.717, 1.165) is 16.5 Å². The molecule has 156 valence electrons. The van der Waals surface area contributed by atoms with Crippen LogP contribution in [0.15, 0.2) is 78.3 Å². The summed E-state index contributed by atoms with van der Waals surface area (Å²) in [7, 11) is -2.08. The van der Waals surface area contributed by atoms with Crippen LogP contribution in [0.4, 0.5) is 11.5 Å². The Morgan fingerprint density at radius 1 is 1.13 bits per heavy atom. The zero-order chi connectivity index (χ0) is 21.6. The SMILES string of the molecule is C=CC(=O)NCCCN(C)S(=O)(=O)c1ccc(Nc2cc3ccccc3cn2)cc1. The monoisotopic (exact) mass is 424 g/mol. The van der Waals surface area contributed by atoms with Crippen molar-refractivity contribution in [2.24, 2.45) is 0 Å². The Bertz CT molecular complexity index is 1140. The third kappa shape index (κ3) is 5.22. The summed E-state index contributed by atoms with van der Waals surface area (Å²) in [5, 5.41) is 7.94. The fraction of sp³-hybridized carbons (Fsp3) is 0.182. The minimum Gasteiger partial charge on any atom is -0.353 e. The molecule has 0 saturated heterocycles. The Balaban J connectivity index is 1.63. The van der Waals surface area contributed by atoms with Crippen molar-refractivity contribution in [1.82, 2.24) is 14.6 Å².